The fraction of sp³-hybridized carbons (Fsp3) is 0.292. The number of aromatic carboxylic acids is 1. The van der Waals surface area contributed by atoms with Crippen LogP contribution >= 0.6 is 0 Å². The number of ether oxygens (including phenoxy) is 2. The van der Waals surface area contributed by atoms with Gasteiger partial charge in [0, 0.05) is 32.0 Å². The van der Waals surface area contributed by atoms with Gasteiger partial charge in [0.05, 0.1) is 43.0 Å². The number of carboxylic acid groups (broad SMARTS) is 1. The summed E-state index contributed by atoms with van der Waals surface area (Å²) in [5.41, 5.74) is 2.95. The van der Waals surface area contributed by atoms with E-state index in [1.807, 2.05) is 24.3 Å². The third-order valence-corrected chi connectivity index (χ3v) is 4.79. The van der Waals surface area contributed by atoms with E-state index in [2.05, 4.69) is 27.4 Å². The SMILES string of the molecule is COc1ccc(OCCc2ccccc2)c(CCNCc2cc(C(=O)O)cc(CO)n2)n1. The number of pyridine rings is 2. The van der Waals surface area contributed by atoms with Gasteiger partial charge < -0.3 is 25.0 Å². The minimum absolute atomic E-state index is 0.101. The molecule has 0 spiro atoms. The second-order valence-electron chi connectivity index (χ2n) is 7.11. The molecular formula is C24H27N3O5. The van der Waals surface area contributed by atoms with Crippen LogP contribution in [0.25, 0.3) is 0 Å². The number of methoxy groups -OCH3 is 1. The first kappa shape index (κ1) is 23.2. The lowest BCUT2D eigenvalue weighted by Crippen LogP contribution is -2.19. The van der Waals surface area contributed by atoms with Gasteiger partial charge >= 0.3 is 5.97 Å². The second kappa shape index (κ2) is 11.8. The van der Waals surface area contributed by atoms with E-state index < -0.39 is 5.97 Å². The van der Waals surface area contributed by atoms with Crippen LogP contribution in [0.1, 0.15) is 33.0 Å². The summed E-state index contributed by atoms with van der Waals surface area (Å²) in [5.74, 6) is 0.164. The molecule has 0 amide bonds. The molecule has 3 aromatic rings. The Balaban J connectivity index is 1.58. The molecule has 0 radical (unpaired) electrons. The van der Waals surface area contributed by atoms with Crippen molar-refractivity contribution in [1.29, 1.82) is 0 Å². The number of hydrogen-bond donors (Lipinski definition) is 3. The first-order chi connectivity index (χ1) is 15.6. The van der Waals surface area contributed by atoms with Gasteiger partial charge in [0.25, 0.3) is 0 Å². The van der Waals surface area contributed by atoms with Gasteiger partial charge in [-0.05, 0) is 23.8 Å². The van der Waals surface area contributed by atoms with Crippen molar-refractivity contribution < 1.29 is 24.5 Å². The minimum atomic E-state index is -1.05. The molecular weight excluding hydrogens is 410 g/mol. The first-order valence-corrected chi connectivity index (χ1v) is 10.3. The lowest BCUT2D eigenvalue weighted by atomic mass is 10.2. The van der Waals surface area contributed by atoms with E-state index in [1.54, 1.807) is 13.2 Å². The Labute approximate surface area is 186 Å². The molecule has 0 unspecified atom stereocenters. The van der Waals surface area contributed by atoms with Crippen LogP contribution in [0.5, 0.6) is 11.6 Å². The van der Waals surface area contributed by atoms with Crippen LogP contribution < -0.4 is 14.8 Å². The Morgan fingerprint density at radius 3 is 2.53 bits per heavy atom. The van der Waals surface area contributed by atoms with Crippen molar-refractivity contribution in [2.45, 2.75) is 26.0 Å². The fourth-order valence-electron chi connectivity index (χ4n) is 3.18. The van der Waals surface area contributed by atoms with Crippen molar-refractivity contribution >= 4 is 5.97 Å². The molecule has 32 heavy (non-hydrogen) atoms. The van der Waals surface area contributed by atoms with Gasteiger partial charge in [-0.25, -0.2) is 9.78 Å². The molecule has 0 aliphatic rings. The van der Waals surface area contributed by atoms with Gasteiger partial charge in [-0.3, -0.25) is 4.98 Å². The van der Waals surface area contributed by atoms with Crippen molar-refractivity contribution in [2.75, 3.05) is 20.3 Å². The highest BCUT2D eigenvalue weighted by atomic mass is 16.5. The van der Waals surface area contributed by atoms with E-state index in [9.17, 15) is 15.0 Å². The summed E-state index contributed by atoms with van der Waals surface area (Å²) in [4.78, 5) is 20.0. The lowest BCUT2D eigenvalue weighted by molar-refractivity contribution is 0.0696. The number of nitrogens with one attached hydrogen (secondary N) is 1. The highest BCUT2D eigenvalue weighted by Crippen LogP contribution is 2.21. The summed E-state index contributed by atoms with van der Waals surface area (Å²) in [7, 11) is 1.57. The van der Waals surface area contributed by atoms with Crippen LogP contribution in [0.4, 0.5) is 0 Å². The molecule has 1 aromatic carbocycles. The summed E-state index contributed by atoms with van der Waals surface area (Å²) in [6.07, 6.45) is 1.38. The smallest absolute Gasteiger partial charge is 0.335 e. The Morgan fingerprint density at radius 1 is 1.03 bits per heavy atom. The molecule has 0 aliphatic heterocycles. The Kier molecular flexibility index (Phi) is 8.53. The zero-order chi connectivity index (χ0) is 22.8. The Hall–Kier alpha value is -3.49. The number of carbonyl (C=O) groups is 1. The van der Waals surface area contributed by atoms with Crippen LogP contribution in [-0.2, 0) is 26.0 Å². The number of aromatic nitrogens is 2. The maximum absolute atomic E-state index is 11.2. The number of aliphatic hydroxyl groups is 1. The molecule has 0 atom stereocenters. The lowest BCUT2D eigenvalue weighted by Gasteiger charge is -2.13. The van der Waals surface area contributed by atoms with E-state index in [-0.39, 0.29) is 12.2 Å². The molecule has 8 heteroatoms. The molecule has 2 heterocycles. The van der Waals surface area contributed by atoms with E-state index in [4.69, 9.17) is 9.47 Å². The van der Waals surface area contributed by atoms with Crippen LogP contribution in [0.3, 0.4) is 0 Å². The number of benzene rings is 1. The van der Waals surface area contributed by atoms with Gasteiger partial charge in [0.1, 0.15) is 5.75 Å². The van der Waals surface area contributed by atoms with E-state index in [0.717, 1.165) is 12.1 Å². The molecule has 168 valence electrons. The third-order valence-electron chi connectivity index (χ3n) is 4.79. The van der Waals surface area contributed by atoms with Crippen LogP contribution in [0.15, 0.2) is 54.6 Å². The molecule has 0 fully saturated rings. The Bertz CT molecular complexity index is 1030. The maximum atomic E-state index is 11.2. The Morgan fingerprint density at radius 2 is 1.81 bits per heavy atom. The highest BCUT2D eigenvalue weighted by Gasteiger charge is 2.10. The monoisotopic (exact) mass is 437 g/mol. The average molecular weight is 437 g/mol. The zero-order valence-electron chi connectivity index (χ0n) is 18.0. The predicted octanol–water partition coefficient (Wildman–Crippen LogP) is 2.63. The van der Waals surface area contributed by atoms with Crippen molar-refractivity contribution in [1.82, 2.24) is 15.3 Å². The van der Waals surface area contributed by atoms with Gasteiger partial charge in [0.15, 0.2) is 0 Å². The van der Waals surface area contributed by atoms with Gasteiger partial charge in [-0.15, -0.1) is 0 Å². The number of aliphatic hydroxyl groups excluding tert-OH is 1. The molecule has 2 aromatic heterocycles. The average Bonchev–Trinajstić information content (AvgIpc) is 2.82. The van der Waals surface area contributed by atoms with Crippen LogP contribution in [0.2, 0.25) is 0 Å². The topological polar surface area (TPSA) is 114 Å². The van der Waals surface area contributed by atoms with Gasteiger partial charge in [-0.2, -0.15) is 0 Å². The van der Waals surface area contributed by atoms with Gasteiger partial charge in [-0.1, -0.05) is 30.3 Å². The van der Waals surface area contributed by atoms with Crippen molar-refractivity contribution in [3.8, 4) is 11.6 Å². The number of carboxylic acids is 1. The van der Waals surface area contributed by atoms with Crippen LogP contribution in [0, 0.1) is 0 Å². The maximum Gasteiger partial charge on any atom is 0.335 e. The number of nitrogens with zero attached hydrogens (tertiary/aromatic N) is 2. The summed E-state index contributed by atoms with van der Waals surface area (Å²) in [6.45, 7) is 1.16. The molecule has 0 saturated heterocycles. The number of hydrogen-bond acceptors (Lipinski definition) is 7. The highest BCUT2D eigenvalue weighted by molar-refractivity contribution is 5.87. The van der Waals surface area contributed by atoms with E-state index in [0.29, 0.717) is 49.1 Å². The molecule has 0 bridgehead atoms. The number of rotatable bonds is 12. The third kappa shape index (κ3) is 6.76. The van der Waals surface area contributed by atoms with Crippen molar-refractivity contribution in [3.63, 3.8) is 0 Å². The van der Waals surface area contributed by atoms with E-state index in [1.165, 1.54) is 17.7 Å². The molecule has 8 nitrogen and oxygen atoms in total. The summed E-state index contributed by atoms with van der Waals surface area (Å²) in [6, 6.07) is 16.6. The van der Waals surface area contributed by atoms with Crippen LogP contribution in [-0.4, -0.2) is 46.4 Å². The predicted molar refractivity (Wildman–Crippen MR) is 119 cm³/mol. The normalized spacial score (nSPS) is 10.7. The molecule has 3 N–H and O–H groups in total. The fourth-order valence-corrected chi connectivity index (χ4v) is 3.18. The zero-order valence-corrected chi connectivity index (χ0v) is 18.0. The molecule has 0 aliphatic carbocycles. The molecule has 3 rings (SSSR count). The van der Waals surface area contributed by atoms with Crippen molar-refractivity contribution in [3.05, 3.63) is 82.8 Å². The summed E-state index contributed by atoms with van der Waals surface area (Å²) in [5, 5.41) is 21.8. The standard InChI is InChI=1S/C24H27N3O5/c1-31-23-8-7-22(32-12-10-17-5-3-2-4-6-17)21(27-23)9-11-25-15-19-13-18(24(29)30)14-20(16-28)26-19/h2-8,13-14,25,28H,9-12,15-16H2,1H3,(H,29,30). The largest absolute Gasteiger partial charge is 0.491 e. The second-order valence-corrected chi connectivity index (χ2v) is 7.11. The first-order valence-electron chi connectivity index (χ1n) is 10.3. The van der Waals surface area contributed by atoms with E-state index >= 15 is 0 Å². The summed E-state index contributed by atoms with van der Waals surface area (Å²) < 4.78 is 11.2. The molecule has 0 saturated carbocycles. The van der Waals surface area contributed by atoms with Gasteiger partial charge in [0.2, 0.25) is 5.88 Å². The quantitative estimate of drug-likeness (QED) is 0.371. The summed E-state index contributed by atoms with van der Waals surface area (Å²) >= 11 is 0. The van der Waals surface area contributed by atoms with Crippen molar-refractivity contribution in [2.24, 2.45) is 0 Å². The minimum Gasteiger partial charge on any atom is -0.491 e.